The number of anilines is 1. The van der Waals surface area contributed by atoms with Crippen LogP contribution in [0.3, 0.4) is 0 Å². The van der Waals surface area contributed by atoms with Crippen molar-refractivity contribution in [1.29, 1.82) is 0 Å². The van der Waals surface area contributed by atoms with Gasteiger partial charge in [0.1, 0.15) is 11.8 Å². The fourth-order valence-corrected chi connectivity index (χ4v) is 3.36. The number of hydrogen-bond acceptors (Lipinski definition) is 9. The van der Waals surface area contributed by atoms with Crippen molar-refractivity contribution in [2.75, 3.05) is 5.32 Å². The molecule has 13 heteroatoms. The van der Waals surface area contributed by atoms with E-state index in [0.29, 0.717) is 12.7 Å². The lowest BCUT2D eigenvalue weighted by Gasteiger charge is -2.05. The zero-order valence-corrected chi connectivity index (χ0v) is 14.2. The molecule has 0 radical (unpaired) electrons. The number of para-hydroxylation sites is 1. The largest absolute Gasteiger partial charge is 0.477 e. The summed E-state index contributed by atoms with van der Waals surface area (Å²) in [5, 5.41) is 23.7. The van der Waals surface area contributed by atoms with Gasteiger partial charge in [0, 0.05) is 11.4 Å². The van der Waals surface area contributed by atoms with Crippen LogP contribution in [0.5, 0.6) is 0 Å². The molecule has 0 aliphatic rings. The van der Waals surface area contributed by atoms with Crippen LogP contribution < -0.4 is 5.32 Å². The summed E-state index contributed by atoms with van der Waals surface area (Å²) in [6, 6.07) is 4.45. The van der Waals surface area contributed by atoms with Gasteiger partial charge in [-0.25, -0.2) is 9.78 Å². The Morgan fingerprint density at radius 1 is 1.38 bits per heavy atom. The van der Waals surface area contributed by atoms with E-state index in [2.05, 4.69) is 14.5 Å². The van der Waals surface area contributed by atoms with Crippen molar-refractivity contribution in [2.45, 2.75) is 4.90 Å². The topological polar surface area (TPSA) is 166 Å². The Balaban J connectivity index is 2.39. The van der Waals surface area contributed by atoms with Crippen LogP contribution in [-0.4, -0.2) is 35.8 Å². The lowest BCUT2D eigenvalue weighted by atomic mass is 10.2. The van der Waals surface area contributed by atoms with Crippen LogP contribution in [0.4, 0.5) is 10.8 Å². The van der Waals surface area contributed by atoms with E-state index in [1.54, 1.807) is 0 Å². The van der Waals surface area contributed by atoms with E-state index in [0.717, 1.165) is 23.5 Å². The highest BCUT2D eigenvalue weighted by atomic mass is 32.2. The molecule has 0 unspecified atom stereocenters. The van der Waals surface area contributed by atoms with E-state index < -0.39 is 37.2 Å². The van der Waals surface area contributed by atoms with E-state index in [1.807, 2.05) is 0 Å². The number of nitrogens with one attached hydrogen (secondary N) is 1. The first-order valence-electron chi connectivity index (χ1n) is 6.52. The molecule has 1 aromatic carbocycles. The molecule has 0 saturated heterocycles. The van der Waals surface area contributed by atoms with Gasteiger partial charge in [0.15, 0.2) is 10.0 Å². The van der Waals surface area contributed by atoms with Gasteiger partial charge in [0.05, 0.1) is 10.6 Å². The number of aromatic nitrogens is 1. The SMILES string of the molecule is O=CNc1nc(/C(=C/OS(=O)(=O)c2ccccc2[N+](=O)[O-])C(=O)O)cs1. The van der Waals surface area contributed by atoms with Gasteiger partial charge in [-0.2, -0.15) is 8.42 Å². The van der Waals surface area contributed by atoms with E-state index in [9.17, 15) is 33.2 Å². The molecule has 0 atom stereocenters. The lowest BCUT2D eigenvalue weighted by molar-refractivity contribution is -0.387. The molecule has 1 amide bonds. The molecule has 11 nitrogen and oxygen atoms in total. The molecule has 0 aliphatic heterocycles. The number of rotatable bonds is 8. The molecule has 1 aromatic heterocycles. The molecule has 0 aliphatic carbocycles. The third-order valence-corrected chi connectivity index (χ3v) is 4.82. The summed E-state index contributed by atoms with van der Waals surface area (Å²) in [7, 11) is -4.65. The second kappa shape index (κ2) is 7.71. The van der Waals surface area contributed by atoms with Gasteiger partial charge in [0.2, 0.25) is 6.41 Å². The first kappa shape index (κ1) is 19.0. The molecule has 1 heterocycles. The molecular weight excluding hydrogens is 390 g/mol. The second-order valence-corrected chi connectivity index (χ2v) is 6.81. The molecule has 0 fully saturated rings. The average Bonchev–Trinajstić information content (AvgIpc) is 3.03. The molecule has 136 valence electrons. The van der Waals surface area contributed by atoms with Gasteiger partial charge >= 0.3 is 16.1 Å². The zero-order valence-electron chi connectivity index (χ0n) is 12.6. The van der Waals surface area contributed by atoms with Crippen LogP contribution in [0.1, 0.15) is 5.69 Å². The van der Waals surface area contributed by atoms with Crippen LogP contribution >= 0.6 is 11.3 Å². The fraction of sp³-hybridized carbons (Fsp3) is 0. The number of carbonyl (C=O) groups excluding carboxylic acids is 1. The van der Waals surface area contributed by atoms with Crippen molar-refractivity contribution < 1.29 is 32.2 Å². The Morgan fingerprint density at radius 3 is 2.69 bits per heavy atom. The standard InChI is InChI=1S/C13H9N3O8S2/c17-7-14-13-15-9(6-25-13)8(12(18)19)5-24-26(22,23)11-4-2-1-3-10(11)16(20)21/h1-7H,(H,18,19)(H,14,15,17)/b8-5-. The van der Waals surface area contributed by atoms with E-state index in [-0.39, 0.29) is 10.8 Å². The fourth-order valence-electron chi connectivity index (χ4n) is 1.72. The van der Waals surface area contributed by atoms with E-state index in [4.69, 9.17) is 0 Å². The highest BCUT2D eigenvalue weighted by Gasteiger charge is 2.27. The van der Waals surface area contributed by atoms with Gasteiger partial charge in [-0.1, -0.05) is 12.1 Å². The second-order valence-electron chi connectivity index (χ2n) is 4.41. The molecule has 0 spiro atoms. The van der Waals surface area contributed by atoms with Crippen molar-refractivity contribution in [3.8, 4) is 0 Å². The average molecular weight is 399 g/mol. The summed E-state index contributed by atoms with van der Waals surface area (Å²) < 4.78 is 28.9. The molecule has 0 saturated carbocycles. The van der Waals surface area contributed by atoms with Crippen LogP contribution in [0.2, 0.25) is 0 Å². The lowest BCUT2D eigenvalue weighted by Crippen LogP contribution is -2.08. The maximum atomic E-state index is 12.2. The number of carboxylic acid groups (broad SMARTS) is 1. The Kier molecular flexibility index (Phi) is 5.64. The van der Waals surface area contributed by atoms with Gasteiger partial charge < -0.3 is 14.6 Å². The predicted octanol–water partition coefficient (Wildman–Crippen LogP) is 1.45. The van der Waals surface area contributed by atoms with Crippen molar-refractivity contribution >= 4 is 50.2 Å². The summed E-state index contributed by atoms with van der Waals surface area (Å²) >= 11 is 0.904. The summed E-state index contributed by atoms with van der Waals surface area (Å²) in [6.45, 7) is 0. The van der Waals surface area contributed by atoms with Crippen LogP contribution in [0, 0.1) is 10.1 Å². The van der Waals surface area contributed by atoms with Crippen molar-refractivity contribution in [1.82, 2.24) is 4.98 Å². The van der Waals surface area contributed by atoms with Crippen molar-refractivity contribution in [2.24, 2.45) is 0 Å². The first-order valence-corrected chi connectivity index (χ1v) is 8.81. The summed E-state index contributed by atoms with van der Waals surface area (Å²) in [4.78, 5) is 34.8. The normalized spacial score (nSPS) is 11.6. The van der Waals surface area contributed by atoms with E-state index >= 15 is 0 Å². The van der Waals surface area contributed by atoms with Crippen LogP contribution in [0.25, 0.3) is 5.57 Å². The third-order valence-electron chi connectivity index (χ3n) is 2.82. The number of hydrogen-bond donors (Lipinski definition) is 2. The third kappa shape index (κ3) is 4.20. The van der Waals surface area contributed by atoms with Gasteiger partial charge in [0.25, 0.3) is 5.69 Å². The number of carboxylic acids is 1. The molecular formula is C13H9N3O8S2. The number of carbonyl (C=O) groups is 2. The maximum Gasteiger partial charge on any atom is 0.345 e. The number of nitro groups is 1. The minimum absolute atomic E-state index is 0.0868. The number of nitrogens with zero attached hydrogens (tertiary/aromatic N) is 2. The molecule has 2 rings (SSSR count). The Bertz CT molecular complexity index is 996. The monoisotopic (exact) mass is 399 g/mol. The van der Waals surface area contributed by atoms with Crippen molar-refractivity contribution in [3.63, 3.8) is 0 Å². The Hall–Kier alpha value is -3.32. The number of benzene rings is 1. The smallest absolute Gasteiger partial charge is 0.345 e. The van der Waals surface area contributed by atoms with Crippen LogP contribution in [-0.2, 0) is 23.9 Å². The van der Waals surface area contributed by atoms with Crippen molar-refractivity contribution in [3.05, 3.63) is 51.7 Å². The van der Waals surface area contributed by atoms with Gasteiger partial charge in [-0.3, -0.25) is 14.9 Å². The highest BCUT2D eigenvalue weighted by Crippen LogP contribution is 2.26. The van der Waals surface area contributed by atoms with Crippen LogP contribution in [0.15, 0.2) is 40.8 Å². The summed E-state index contributed by atoms with van der Waals surface area (Å²) in [6.07, 6.45) is 0.746. The zero-order chi connectivity index (χ0) is 19.3. The minimum atomic E-state index is -4.65. The molecule has 26 heavy (non-hydrogen) atoms. The number of thiazole rings is 1. The molecule has 2 N–H and O–H groups in total. The first-order chi connectivity index (χ1) is 12.3. The quantitative estimate of drug-likeness (QED) is 0.167. The van der Waals surface area contributed by atoms with E-state index in [1.165, 1.54) is 17.5 Å². The predicted molar refractivity (Wildman–Crippen MR) is 88.8 cm³/mol. The Labute approximate surface area is 149 Å². The number of amides is 1. The van der Waals surface area contributed by atoms with Gasteiger partial charge in [-0.05, 0) is 6.07 Å². The highest BCUT2D eigenvalue weighted by molar-refractivity contribution is 7.87. The molecule has 2 aromatic rings. The summed E-state index contributed by atoms with van der Waals surface area (Å²) in [5.74, 6) is -1.55. The Morgan fingerprint density at radius 2 is 2.08 bits per heavy atom. The number of aliphatic carboxylic acids is 1. The minimum Gasteiger partial charge on any atom is -0.477 e. The number of nitro benzene ring substituents is 1. The molecule has 0 bridgehead atoms. The summed E-state index contributed by atoms with van der Waals surface area (Å²) in [5.41, 5.74) is -1.50. The maximum absolute atomic E-state index is 12.2. The van der Waals surface area contributed by atoms with Gasteiger partial charge in [-0.15, -0.1) is 11.3 Å².